The number of rotatable bonds is 0. The second kappa shape index (κ2) is 12.6. The maximum atomic E-state index is 8.72. The molecule has 0 saturated carbocycles. The van der Waals surface area contributed by atoms with Gasteiger partial charge in [-0.15, -0.1) is 0 Å². The summed E-state index contributed by atoms with van der Waals surface area (Å²) in [4.78, 5) is 0. The Kier molecular flexibility index (Phi) is 24.0. The first-order valence-corrected chi connectivity index (χ1v) is 6.26. The van der Waals surface area contributed by atoms with Crippen LogP contribution in [0.25, 0.3) is 0 Å². The van der Waals surface area contributed by atoms with Gasteiger partial charge in [-0.25, -0.2) is 0 Å². The maximum absolute atomic E-state index is 8.72. The molecule has 0 aromatic heterocycles. The molecule has 0 saturated heterocycles. The zero-order chi connectivity index (χ0) is 7.15. The van der Waals surface area contributed by atoms with Crippen LogP contribution in [-0.2, 0) is 47.4 Å². The Balaban J connectivity index is -0.0000000720. The van der Waals surface area contributed by atoms with Gasteiger partial charge in [-0.1, -0.05) is 0 Å². The molecule has 0 aliphatic heterocycles. The third kappa shape index (κ3) is 169. The van der Waals surface area contributed by atoms with E-state index in [1.807, 2.05) is 0 Å². The van der Waals surface area contributed by atoms with E-state index in [1.165, 1.54) is 0 Å². The van der Waals surface area contributed by atoms with E-state index in [-0.39, 0.29) is 26.2 Å². The summed E-state index contributed by atoms with van der Waals surface area (Å²) in [6.45, 7) is 0. The van der Waals surface area contributed by atoms with E-state index in [9.17, 15) is 0 Å². The van der Waals surface area contributed by atoms with Gasteiger partial charge in [-0.2, -0.15) is 0 Å². The van der Waals surface area contributed by atoms with Crippen LogP contribution in [0.15, 0.2) is 0 Å². The van der Waals surface area contributed by atoms with E-state index in [1.54, 1.807) is 0 Å². The van der Waals surface area contributed by atoms with Gasteiger partial charge in [0.25, 0.3) is 0 Å². The minimum atomic E-state index is -4.08. The molecule has 50 valence electrons. The summed E-state index contributed by atoms with van der Waals surface area (Å²) in [5, 5.41) is 0. The fraction of sp³-hybridized carbons (Fsp3) is 0. The first-order valence-electron chi connectivity index (χ1n) is 1.24. The van der Waals surface area contributed by atoms with E-state index in [0.29, 0.717) is 0 Å². The molecule has 0 unspecified atom stereocenters. The average molecular weight is 445 g/mol. The van der Waals surface area contributed by atoms with Crippen molar-refractivity contribution >= 4 is 26.2 Å². The first-order chi connectivity index (χ1) is 3.46. The summed E-state index contributed by atoms with van der Waals surface area (Å²) in [7, 11) is 0. The van der Waals surface area contributed by atoms with Gasteiger partial charge in [0.15, 0.2) is 0 Å². The zero-order valence-electron chi connectivity index (χ0n) is 3.94. The monoisotopic (exact) mass is 444 g/mol. The fourth-order valence-corrected chi connectivity index (χ4v) is 0. The van der Waals surface area contributed by atoms with Gasteiger partial charge in [0.05, 0.1) is 0 Å². The van der Waals surface area contributed by atoms with Crippen LogP contribution in [0.5, 0.6) is 0 Å². The van der Waals surface area contributed by atoms with Crippen LogP contribution in [0.4, 0.5) is 0 Å². The summed E-state index contributed by atoms with van der Waals surface area (Å²) in [5.74, 6) is 0. The average Bonchev–Trinajstić information content (AvgIpc) is 1.25. The molecule has 0 amide bonds. The number of hydrogen-bond acceptors (Lipinski definition) is 5. The molecule has 9 heavy (non-hydrogen) atoms. The predicted octanol–water partition coefficient (Wildman–Crippen LogP) is -4.75. The van der Waals surface area contributed by atoms with Gasteiger partial charge in [-0.05, 0) is 0 Å². The third-order valence-electron chi connectivity index (χ3n) is 0. The molecule has 0 atom stereocenters. The van der Waals surface area contributed by atoms with Crippen molar-refractivity contribution in [1.82, 2.24) is 0 Å². The molecule has 0 spiro atoms. The Morgan fingerprint density at radius 3 is 1.44 bits per heavy atom. The van der Waals surface area contributed by atoms with Gasteiger partial charge >= 0.3 is 87.3 Å². The van der Waals surface area contributed by atoms with Gasteiger partial charge in [0.1, 0.15) is 0 Å². The van der Waals surface area contributed by atoms with Crippen molar-refractivity contribution in [3.8, 4) is 0 Å². The molecule has 0 aliphatic rings. The SMILES string of the molecule is [Bi+3].[O]=[Ti]([O-])[O-].[O]=[Zr]([O-])[OH]. The van der Waals surface area contributed by atoms with Crippen LogP contribution in [0.1, 0.15) is 0 Å². The van der Waals surface area contributed by atoms with Crippen LogP contribution in [-0.4, -0.2) is 29.4 Å². The third-order valence-corrected chi connectivity index (χ3v) is 0. The summed E-state index contributed by atoms with van der Waals surface area (Å²) in [5.41, 5.74) is 0. The van der Waals surface area contributed by atoms with Crippen molar-refractivity contribution in [3.63, 3.8) is 0 Å². The molecule has 0 aromatic carbocycles. The molecule has 0 aromatic rings. The van der Waals surface area contributed by atoms with Crippen molar-refractivity contribution in [2.24, 2.45) is 0 Å². The van der Waals surface area contributed by atoms with Crippen molar-refractivity contribution < 1.29 is 61.1 Å². The molecule has 0 aliphatic carbocycles. The Hall–Kier alpha value is 1.92. The van der Waals surface area contributed by atoms with E-state index in [4.69, 9.17) is 19.9 Å². The normalized spacial score (nSPS) is 5.78. The van der Waals surface area contributed by atoms with Crippen LogP contribution in [0, 0.1) is 0 Å². The number of hydrogen-bond donors (Lipinski definition) is 1. The predicted molar refractivity (Wildman–Crippen MR) is 9.35 cm³/mol. The second-order valence-corrected chi connectivity index (χ2v) is 2.60. The van der Waals surface area contributed by atoms with E-state index < -0.39 is 41.3 Å². The Morgan fingerprint density at radius 1 is 1.44 bits per heavy atom. The van der Waals surface area contributed by atoms with Gasteiger partial charge < -0.3 is 0 Å². The standard InChI is InChI=1S/Bi.H2O.5O.Ti.Zr/h;1H2;;;;;;;/q+3;;;;3*-1;;+1/p-1. The summed E-state index contributed by atoms with van der Waals surface area (Å²) >= 11 is -8.13. The van der Waals surface area contributed by atoms with Gasteiger partial charge in [-0.3, -0.25) is 0 Å². The van der Waals surface area contributed by atoms with E-state index in [2.05, 4.69) is 0 Å². The van der Waals surface area contributed by atoms with Crippen LogP contribution < -0.4 is 10.6 Å². The van der Waals surface area contributed by atoms with Crippen molar-refractivity contribution in [1.29, 1.82) is 0 Å². The summed E-state index contributed by atoms with van der Waals surface area (Å²) < 4.78 is 50.3. The Morgan fingerprint density at radius 2 is 1.44 bits per heavy atom. The van der Waals surface area contributed by atoms with E-state index in [0.717, 1.165) is 0 Å². The molecule has 0 heterocycles. The molecular formula is HBiO6TiZr. The Labute approximate surface area is 86.1 Å². The fourth-order valence-electron chi connectivity index (χ4n) is 0. The molecule has 1 N–H and O–H groups in total. The molecule has 0 rings (SSSR count). The van der Waals surface area contributed by atoms with Crippen molar-refractivity contribution in [2.75, 3.05) is 0 Å². The van der Waals surface area contributed by atoms with Crippen LogP contribution in [0.2, 0.25) is 0 Å². The molecular weight excluding hydrogens is 444 g/mol. The summed E-state index contributed by atoms with van der Waals surface area (Å²) in [6, 6.07) is 0. The molecule has 0 fully saturated rings. The molecule has 0 bridgehead atoms. The quantitative estimate of drug-likeness (QED) is 0.374. The van der Waals surface area contributed by atoms with Crippen molar-refractivity contribution in [3.05, 3.63) is 0 Å². The molecule has 2 radical (unpaired) electrons. The molecule has 6 nitrogen and oxygen atoms in total. The van der Waals surface area contributed by atoms with Crippen molar-refractivity contribution in [2.45, 2.75) is 0 Å². The van der Waals surface area contributed by atoms with Crippen LogP contribution >= 0.6 is 0 Å². The summed E-state index contributed by atoms with van der Waals surface area (Å²) in [6.07, 6.45) is 0. The van der Waals surface area contributed by atoms with Gasteiger partial charge in [0, 0.05) is 0 Å². The second-order valence-electron chi connectivity index (χ2n) is 0.516. The Bertz CT molecular complexity index is 71.1. The topological polar surface area (TPSA) is 124 Å². The molecule has 9 heteroatoms. The van der Waals surface area contributed by atoms with Crippen LogP contribution in [0.3, 0.4) is 0 Å². The van der Waals surface area contributed by atoms with E-state index >= 15 is 0 Å². The first kappa shape index (κ1) is 17.1. The van der Waals surface area contributed by atoms with Gasteiger partial charge in [0.2, 0.25) is 0 Å². The zero-order valence-corrected chi connectivity index (χ0v) is 11.4. The minimum absolute atomic E-state index is 0.